The Labute approximate surface area is 195 Å². The molecule has 1 atom stereocenters. The molecular formula is C24H20F2N2O5S. The van der Waals surface area contributed by atoms with Crippen molar-refractivity contribution in [1.82, 2.24) is 0 Å². The molecule has 34 heavy (non-hydrogen) atoms. The molecule has 10 heteroatoms. The molecule has 1 unspecified atom stereocenters. The zero-order chi connectivity index (χ0) is 24.5. The maximum atomic E-state index is 13.6. The smallest absolute Gasteiger partial charge is 0.338 e. The zero-order valence-electron chi connectivity index (χ0n) is 18.0. The van der Waals surface area contributed by atoms with Gasteiger partial charge in [0.05, 0.1) is 21.8 Å². The van der Waals surface area contributed by atoms with Gasteiger partial charge in [0.15, 0.2) is 6.61 Å². The number of nitrogens with zero attached hydrogens (tertiary/aromatic N) is 1. The van der Waals surface area contributed by atoms with Crippen LogP contribution in [0.1, 0.15) is 22.8 Å². The van der Waals surface area contributed by atoms with Crippen molar-refractivity contribution < 1.29 is 31.5 Å². The third-order valence-corrected chi connectivity index (χ3v) is 7.23. The van der Waals surface area contributed by atoms with Crippen LogP contribution in [0.5, 0.6) is 0 Å². The van der Waals surface area contributed by atoms with Crippen LogP contribution < -0.4 is 9.62 Å². The van der Waals surface area contributed by atoms with Gasteiger partial charge in [0.1, 0.15) is 11.6 Å². The molecule has 7 nitrogen and oxygen atoms in total. The lowest BCUT2D eigenvalue weighted by atomic mass is 10.1. The minimum Gasteiger partial charge on any atom is -0.452 e. The van der Waals surface area contributed by atoms with E-state index in [1.807, 2.05) is 12.1 Å². The summed E-state index contributed by atoms with van der Waals surface area (Å²) in [6.45, 7) is 1.03. The monoisotopic (exact) mass is 486 g/mol. The first kappa shape index (κ1) is 23.4. The van der Waals surface area contributed by atoms with Crippen molar-refractivity contribution in [3.8, 4) is 0 Å². The lowest BCUT2D eigenvalue weighted by molar-refractivity contribution is -0.119. The summed E-state index contributed by atoms with van der Waals surface area (Å²) in [6.07, 6.45) is 0.568. The number of amides is 1. The first-order chi connectivity index (χ1) is 16.2. The number of esters is 1. The maximum Gasteiger partial charge on any atom is 0.338 e. The number of carbonyl (C=O) groups is 2. The Balaban J connectivity index is 1.47. The Kier molecular flexibility index (Phi) is 6.34. The van der Waals surface area contributed by atoms with Crippen LogP contribution in [0.15, 0.2) is 71.6 Å². The number of halogens is 2. The maximum absolute atomic E-state index is 13.6. The van der Waals surface area contributed by atoms with E-state index < -0.39 is 45.8 Å². The van der Waals surface area contributed by atoms with E-state index in [0.29, 0.717) is 12.1 Å². The first-order valence-electron chi connectivity index (χ1n) is 10.3. The molecule has 1 N–H and O–H groups in total. The molecule has 176 valence electrons. The van der Waals surface area contributed by atoms with Gasteiger partial charge >= 0.3 is 5.97 Å². The highest BCUT2D eigenvalue weighted by Gasteiger charge is 2.36. The molecular weight excluding hydrogens is 466 g/mol. The summed E-state index contributed by atoms with van der Waals surface area (Å²) in [5, 5.41) is 2.11. The van der Waals surface area contributed by atoms with Crippen molar-refractivity contribution in [3.05, 3.63) is 89.5 Å². The Hall–Kier alpha value is -3.79. The van der Waals surface area contributed by atoms with E-state index >= 15 is 0 Å². The number of benzene rings is 3. The Morgan fingerprint density at radius 2 is 1.82 bits per heavy atom. The summed E-state index contributed by atoms with van der Waals surface area (Å²) in [7, 11) is -3.97. The molecule has 0 aliphatic carbocycles. The lowest BCUT2D eigenvalue weighted by Crippen LogP contribution is -2.35. The number of nitrogens with one attached hydrogen (secondary N) is 1. The van der Waals surface area contributed by atoms with Gasteiger partial charge in [-0.2, -0.15) is 0 Å². The number of hydrogen-bond donors (Lipinski definition) is 1. The van der Waals surface area contributed by atoms with Gasteiger partial charge in [0, 0.05) is 12.1 Å². The summed E-state index contributed by atoms with van der Waals surface area (Å²) in [4.78, 5) is 24.3. The molecule has 0 saturated carbocycles. The summed E-state index contributed by atoms with van der Waals surface area (Å²) in [5.74, 6) is -3.43. The minimum atomic E-state index is -3.97. The Bertz CT molecular complexity index is 1380. The number of rotatable bonds is 6. The van der Waals surface area contributed by atoms with Crippen molar-refractivity contribution in [3.63, 3.8) is 0 Å². The number of sulfonamides is 1. The molecule has 0 radical (unpaired) electrons. The molecule has 1 amide bonds. The van der Waals surface area contributed by atoms with E-state index in [4.69, 9.17) is 4.74 Å². The highest BCUT2D eigenvalue weighted by Crippen LogP contribution is 2.36. The normalized spacial score (nSPS) is 15.0. The molecule has 1 aliphatic rings. The number of fused-ring (bicyclic) bond motifs is 1. The van der Waals surface area contributed by atoms with E-state index in [-0.39, 0.29) is 16.5 Å². The van der Waals surface area contributed by atoms with Crippen LogP contribution in [-0.2, 0) is 26.0 Å². The number of hydrogen-bond acceptors (Lipinski definition) is 5. The van der Waals surface area contributed by atoms with E-state index in [1.54, 1.807) is 19.1 Å². The Morgan fingerprint density at radius 1 is 1.06 bits per heavy atom. The molecule has 3 aromatic rings. The van der Waals surface area contributed by atoms with Crippen LogP contribution in [0.2, 0.25) is 0 Å². The average Bonchev–Trinajstić information content (AvgIpc) is 3.16. The van der Waals surface area contributed by atoms with Crippen molar-refractivity contribution >= 4 is 33.3 Å². The number of anilines is 2. The molecule has 4 rings (SSSR count). The SMILES string of the molecule is CC1Cc2ccccc2N1S(=O)(=O)c1cccc(C(=O)OCC(=O)Nc2cc(F)ccc2F)c1. The fourth-order valence-electron chi connectivity index (χ4n) is 3.79. The molecule has 0 spiro atoms. The van der Waals surface area contributed by atoms with E-state index in [0.717, 1.165) is 23.8 Å². The first-order valence-corrected chi connectivity index (χ1v) is 11.8. The highest BCUT2D eigenvalue weighted by atomic mass is 32.2. The zero-order valence-corrected chi connectivity index (χ0v) is 18.8. The van der Waals surface area contributed by atoms with Gasteiger partial charge in [-0.1, -0.05) is 24.3 Å². The van der Waals surface area contributed by atoms with Gasteiger partial charge in [-0.05, 0) is 55.3 Å². The second kappa shape index (κ2) is 9.22. The van der Waals surface area contributed by atoms with Crippen LogP contribution >= 0.6 is 0 Å². The van der Waals surface area contributed by atoms with E-state index in [9.17, 15) is 26.8 Å². The standard InChI is InChI=1S/C24H20F2N2O5S/c1-15-11-16-5-2-3-8-22(16)28(15)34(31,32)19-7-4-6-17(12-19)24(30)33-14-23(29)27-21-13-18(25)9-10-20(21)26/h2-10,12-13,15H,11,14H2,1H3,(H,27,29). The van der Waals surface area contributed by atoms with Crippen LogP contribution in [0, 0.1) is 11.6 Å². The number of ether oxygens (including phenoxy) is 1. The van der Waals surface area contributed by atoms with E-state index in [1.165, 1.54) is 28.6 Å². The third-order valence-electron chi connectivity index (χ3n) is 5.31. The molecule has 1 aliphatic heterocycles. The van der Waals surface area contributed by atoms with Crippen molar-refractivity contribution in [2.24, 2.45) is 0 Å². The molecule has 3 aromatic carbocycles. The van der Waals surface area contributed by atoms with Gasteiger partial charge in [0.25, 0.3) is 15.9 Å². The van der Waals surface area contributed by atoms with Gasteiger partial charge in [-0.3, -0.25) is 9.10 Å². The predicted molar refractivity (Wildman–Crippen MR) is 121 cm³/mol. The molecule has 0 aromatic heterocycles. The largest absolute Gasteiger partial charge is 0.452 e. The fraction of sp³-hybridized carbons (Fsp3) is 0.167. The average molecular weight is 486 g/mol. The second-order valence-electron chi connectivity index (χ2n) is 7.76. The molecule has 1 heterocycles. The second-order valence-corrected chi connectivity index (χ2v) is 9.57. The van der Waals surface area contributed by atoms with Crippen LogP contribution in [0.25, 0.3) is 0 Å². The molecule has 0 bridgehead atoms. The summed E-state index contributed by atoms with van der Waals surface area (Å²) in [6, 6.07) is 14.7. The number of carbonyl (C=O) groups excluding carboxylic acids is 2. The number of para-hydroxylation sites is 1. The van der Waals surface area contributed by atoms with Crippen molar-refractivity contribution in [2.45, 2.75) is 24.3 Å². The van der Waals surface area contributed by atoms with E-state index in [2.05, 4.69) is 5.32 Å². The highest BCUT2D eigenvalue weighted by molar-refractivity contribution is 7.92. The van der Waals surface area contributed by atoms with Crippen LogP contribution in [0.4, 0.5) is 20.2 Å². The van der Waals surface area contributed by atoms with Crippen LogP contribution in [0.3, 0.4) is 0 Å². The van der Waals surface area contributed by atoms with Crippen molar-refractivity contribution in [1.29, 1.82) is 0 Å². The van der Waals surface area contributed by atoms with Gasteiger partial charge in [0.2, 0.25) is 0 Å². The summed E-state index contributed by atoms with van der Waals surface area (Å²) >= 11 is 0. The van der Waals surface area contributed by atoms with Gasteiger partial charge in [-0.25, -0.2) is 22.0 Å². The van der Waals surface area contributed by atoms with Crippen molar-refractivity contribution in [2.75, 3.05) is 16.2 Å². The predicted octanol–water partition coefficient (Wildman–Crippen LogP) is 3.90. The lowest BCUT2D eigenvalue weighted by Gasteiger charge is -2.24. The van der Waals surface area contributed by atoms with Crippen LogP contribution in [-0.4, -0.2) is 32.9 Å². The molecule has 0 fully saturated rings. The van der Waals surface area contributed by atoms with Gasteiger partial charge in [-0.15, -0.1) is 0 Å². The Morgan fingerprint density at radius 3 is 2.62 bits per heavy atom. The van der Waals surface area contributed by atoms with Gasteiger partial charge < -0.3 is 10.1 Å². The summed E-state index contributed by atoms with van der Waals surface area (Å²) < 4.78 is 59.8. The quantitative estimate of drug-likeness (QED) is 0.534. The summed E-state index contributed by atoms with van der Waals surface area (Å²) in [5.41, 5.74) is 1.03. The topological polar surface area (TPSA) is 92.8 Å². The minimum absolute atomic E-state index is 0.0778. The third kappa shape index (κ3) is 4.62. The molecule has 0 saturated heterocycles. The fourth-order valence-corrected chi connectivity index (χ4v) is 5.53.